The highest BCUT2D eigenvalue weighted by Crippen LogP contribution is 2.32. The third kappa shape index (κ3) is 7.75. The van der Waals surface area contributed by atoms with E-state index < -0.39 is 39.1 Å². The highest BCUT2D eigenvalue weighted by atomic mass is 35.5. The molecule has 0 unspecified atom stereocenters. The summed E-state index contributed by atoms with van der Waals surface area (Å²) in [4.78, 5) is 13.9. The number of anilines is 1. The zero-order chi connectivity index (χ0) is 31.3. The Morgan fingerprint density at radius 1 is 0.860 bits per heavy atom. The predicted octanol–water partition coefficient (Wildman–Crippen LogP) is 8.00. The molecule has 0 spiro atoms. The number of ether oxygens (including phenoxy) is 1. The van der Waals surface area contributed by atoms with Crippen LogP contribution in [0.15, 0.2) is 83.8 Å². The Balaban J connectivity index is 1.52. The third-order valence-corrected chi connectivity index (χ3v) is 8.98. The van der Waals surface area contributed by atoms with Gasteiger partial charge in [-0.1, -0.05) is 53.0 Å². The number of benzene rings is 4. The number of hydrogen-bond donors (Lipinski definition) is 0. The molecule has 1 amide bonds. The van der Waals surface area contributed by atoms with E-state index in [2.05, 4.69) is 0 Å². The van der Waals surface area contributed by atoms with Gasteiger partial charge in [-0.3, -0.25) is 9.10 Å². The number of para-hydroxylation sites is 1. The van der Waals surface area contributed by atoms with Crippen molar-refractivity contribution in [2.24, 2.45) is 0 Å². The highest BCUT2D eigenvalue weighted by molar-refractivity contribution is 7.92. The topological polar surface area (TPSA) is 66.9 Å². The molecule has 0 aliphatic rings. The van der Waals surface area contributed by atoms with E-state index in [1.807, 2.05) is 0 Å². The summed E-state index contributed by atoms with van der Waals surface area (Å²) in [6, 6.07) is 16.5. The predicted molar refractivity (Wildman–Crippen MR) is 161 cm³/mol. The molecule has 0 heterocycles. The summed E-state index contributed by atoms with van der Waals surface area (Å²) in [5, 5.41) is 0.120. The van der Waals surface area contributed by atoms with E-state index in [9.17, 15) is 26.4 Å². The first-order valence-corrected chi connectivity index (χ1v) is 15.3. The van der Waals surface area contributed by atoms with E-state index in [4.69, 9.17) is 39.5 Å². The molecule has 6 nitrogen and oxygen atoms in total. The minimum Gasteiger partial charge on any atom is -0.493 e. The molecule has 4 rings (SSSR count). The van der Waals surface area contributed by atoms with Crippen molar-refractivity contribution < 1.29 is 31.1 Å². The van der Waals surface area contributed by atoms with Crippen molar-refractivity contribution in [1.29, 1.82) is 0 Å². The fourth-order valence-corrected chi connectivity index (χ4v) is 6.15. The molecule has 43 heavy (non-hydrogen) atoms. The highest BCUT2D eigenvalue weighted by Gasteiger charge is 2.29. The average Bonchev–Trinajstić information content (AvgIpc) is 2.97. The molecule has 0 atom stereocenters. The smallest absolute Gasteiger partial charge is 0.264 e. The second-order valence-electron chi connectivity index (χ2n) is 9.34. The third-order valence-electron chi connectivity index (χ3n) is 6.35. The van der Waals surface area contributed by atoms with Crippen LogP contribution in [0.4, 0.5) is 18.9 Å². The minimum absolute atomic E-state index is 0.0151. The van der Waals surface area contributed by atoms with Gasteiger partial charge < -0.3 is 9.64 Å². The molecule has 13 heteroatoms. The second kappa shape index (κ2) is 13.9. The lowest BCUT2D eigenvalue weighted by Crippen LogP contribution is -2.31. The fourth-order valence-electron chi connectivity index (χ4n) is 4.12. The Morgan fingerprint density at radius 3 is 2.28 bits per heavy atom. The van der Waals surface area contributed by atoms with Gasteiger partial charge in [0.25, 0.3) is 15.9 Å². The molecule has 0 aliphatic carbocycles. The maximum absolute atomic E-state index is 14.9. The van der Waals surface area contributed by atoms with Gasteiger partial charge in [-0.25, -0.2) is 21.6 Å². The SMILES string of the molecule is CN(CCCOc1ccccc1CN(c1cc(F)ccc1F)S(=O)(=O)c1ccc(Cl)cc1)C(=O)c1cc(F)c(Cl)cc1Cl. The Kier molecular flexibility index (Phi) is 10.5. The van der Waals surface area contributed by atoms with Crippen LogP contribution in [-0.2, 0) is 16.6 Å². The summed E-state index contributed by atoms with van der Waals surface area (Å²) >= 11 is 17.7. The van der Waals surface area contributed by atoms with Crippen LogP contribution in [-0.4, -0.2) is 39.4 Å². The summed E-state index contributed by atoms with van der Waals surface area (Å²) in [6.45, 7) is -0.0662. The van der Waals surface area contributed by atoms with Gasteiger partial charge in [0, 0.05) is 30.2 Å². The Morgan fingerprint density at radius 2 is 1.56 bits per heavy atom. The number of sulfonamides is 1. The van der Waals surface area contributed by atoms with Crippen LogP contribution in [0.3, 0.4) is 0 Å². The number of carbonyl (C=O) groups is 1. The Labute approximate surface area is 262 Å². The van der Waals surface area contributed by atoms with Crippen LogP contribution < -0.4 is 9.04 Å². The molecule has 0 aromatic heterocycles. The first-order valence-electron chi connectivity index (χ1n) is 12.7. The standard InChI is InChI=1S/C30H24Cl3F3N2O4S/c1-37(30(39)23-16-27(36)25(33)17-24(23)32)13-4-14-42-29-6-3-2-5-19(29)18-38(28-15-21(34)9-12-26(28)35)43(40,41)22-10-7-20(31)8-11-22/h2-3,5-12,15-17H,4,13-14,18H2,1H3. The molecule has 0 fully saturated rings. The lowest BCUT2D eigenvalue weighted by Gasteiger charge is -2.26. The Bertz CT molecular complexity index is 1740. The normalized spacial score (nSPS) is 11.3. The summed E-state index contributed by atoms with van der Waals surface area (Å²) in [7, 11) is -2.86. The van der Waals surface area contributed by atoms with Crippen molar-refractivity contribution in [2.45, 2.75) is 17.9 Å². The monoisotopic (exact) mass is 670 g/mol. The number of carbonyl (C=O) groups excluding carboxylic acids is 1. The van der Waals surface area contributed by atoms with E-state index in [1.54, 1.807) is 24.3 Å². The fraction of sp³-hybridized carbons (Fsp3) is 0.167. The minimum atomic E-state index is -4.38. The molecular weight excluding hydrogens is 648 g/mol. The zero-order valence-corrected chi connectivity index (χ0v) is 25.6. The molecule has 0 aliphatic heterocycles. The van der Waals surface area contributed by atoms with Crippen molar-refractivity contribution in [1.82, 2.24) is 4.90 Å². The number of halogens is 6. The largest absolute Gasteiger partial charge is 0.493 e. The first-order chi connectivity index (χ1) is 20.4. The number of hydrogen-bond acceptors (Lipinski definition) is 4. The molecule has 0 N–H and O–H groups in total. The summed E-state index contributed by atoms with van der Waals surface area (Å²) in [5.74, 6) is -2.74. The van der Waals surface area contributed by atoms with Crippen molar-refractivity contribution in [2.75, 3.05) is 24.5 Å². The zero-order valence-electron chi connectivity index (χ0n) is 22.5. The first kappa shape index (κ1) is 32.5. The van der Waals surface area contributed by atoms with Crippen molar-refractivity contribution in [3.05, 3.63) is 123 Å². The van der Waals surface area contributed by atoms with Gasteiger partial charge in [0.1, 0.15) is 23.2 Å². The molecule has 0 saturated carbocycles. The van der Waals surface area contributed by atoms with E-state index in [1.165, 1.54) is 36.2 Å². The molecule has 0 saturated heterocycles. The molecule has 0 bridgehead atoms. The van der Waals surface area contributed by atoms with Crippen molar-refractivity contribution >= 4 is 56.4 Å². The quantitative estimate of drug-likeness (QED) is 0.120. The van der Waals surface area contributed by atoms with Crippen LogP contribution >= 0.6 is 34.8 Å². The molecule has 0 radical (unpaired) electrons. The van der Waals surface area contributed by atoms with Crippen LogP contribution in [0, 0.1) is 17.5 Å². The summed E-state index contributed by atoms with van der Waals surface area (Å²) in [6.07, 6.45) is 0.343. The van der Waals surface area contributed by atoms with Crippen molar-refractivity contribution in [3.8, 4) is 5.75 Å². The Hall–Kier alpha value is -3.44. The van der Waals surface area contributed by atoms with E-state index in [0.29, 0.717) is 22.8 Å². The average molecular weight is 672 g/mol. The van der Waals surface area contributed by atoms with Gasteiger partial charge in [0.15, 0.2) is 0 Å². The van der Waals surface area contributed by atoms with Crippen LogP contribution in [0.1, 0.15) is 22.3 Å². The lowest BCUT2D eigenvalue weighted by molar-refractivity contribution is 0.0787. The number of amides is 1. The second-order valence-corrected chi connectivity index (χ2v) is 12.5. The number of rotatable bonds is 11. The van der Waals surface area contributed by atoms with Gasteiger partial charge in [-0.05, 0) is 61.0 Å². The number of nitrogens with zero attached hydrogens (tertiary/aromatic N) is 2. The van der Waals surface area contributed by atoms with Crippen LogP contribution in [0.5, 0.6) is 5.75 Å². The van der Waals surface area contributed by atoms with Gasteiger partial charge in [-0.2, -0.15) is 0 Å². The molecular formula is C30H24Cl3F3N2O4S. The molecule has 4 aromatic rings. The van der Waals surface area contributed by atoms with E-state index in [-0.39, 0.29) is 40.2 Å². The van der Waals surface area contributed by atoms with Gasteiger partial charge >= 0.3 is 0 Å². The summed E-state index contributed by atoms with van der Waals surface area (Å²) < 4.78 is 77.0. The van der Waals surface area contributed by atoms with Gasteiger partial charge in [-0.15, -0.1) is 0 Å². The lowest BCUT2D eigenvalue weighted by atomic mass is 10.2. The van der Waals surface area contributed by atoms with Gasteiger partial charge in [0.2, 0.25) is 0 Å². The maximum atomic E-state index is 14.9. The molecule has 226 valence electrons. The van der Waals surface area contributed by atoms with Crippen LogP contribution in [0.2, 0.25) is 15.1 Å². The van der Waals surface area contributed by atoms with Crippen LogP contribution in [0.25, 0.3) is 0 Å². The van der Waals surface area contributed by atoms with E-state index in [0.717, 1.165) is 34.6 Å². The maximum Gasteiger partial charge on any atom is 0.264 e. The summed E-state index contributed by atoms with van der Waals surface area (Å²) in [5.41, 5.74) is -0.150. The van der Waals surface area contributed by atoms with Gasteiger partial charge in [0.05, 0.1) is 39.3 Å². The van der Waals surface area contributed by atoms with E-state index >= 15 is 0 Å². The van der Waals surface area contributed by atoms with Crippen molar-refractivity contribution in [3.63, 3.8) is 0 Å². The molecule has 4 aromatic carbocycles.